The van der Waals surface area contributed by atoms with E-state index in [-0.39, 0.29) is 4.91 Å². The van der Waals surface area contributed by atoms with Crippen LogP contribution in [-0.2, 0) is 10.2 Å². The van der Waals surface area contributed by atoms with Crippen molar-refractivity contribution in [3.8, 4) is 0 Å². The van der Waals surface area contributed by atoms with Crippen molar-refractivity contribution in [2.24, 2.45) is 0 Å². The fourth-order valence-electron chi connectivity index (χ4n) is 1.60. The van der Waals surface area contributed by atoms with E-state index in [9.17, 15) is 12.3 Å². The molecule has 18 heavy (non-hydrogen) atoms. The van der Waals surface area contributed by atoms with Crippen molar-refractivity contribution in [2.45, 2.75) is 0 Å². The average molecular weight is 262 g/mol. The first-order valence-electron chi connectivity index (χ1n) is 5.34. The van der Waals surface area contributed by atoms with Gasteiger partial charge in [-0.25, -0.2) is 0 Å². The Morgan fingerprint density at radius 2 is 1.39 bits per heavy atom. The lowest BCUT2D eigenvalue weighted by Crippen LogP contribution is -1.95. The zero-order valence-electron chi connectivity index (χ0n) is 9.45. The van der Waals surface area contributed by atoms with Crippen LogP contribution in [0.25, 0.3) is 11.0 Å². The van der Waals surface area contributed by atoms with Gasteiger partial charge in [0.1, 0.15) is 4.91 Å². The topological polar surface area (TPSA) is 34.1 Å². The molecule has 0 aliphatic heterocycles. The van der Waals surface area contributed by atoms with Gasteiger partial charge in [-0.15, -0.1) is 3.89 Å². The van der Waals surface area contributed by atoms with E-state index in [0.29, 0.717) is 11.1 Å². The Balaban J connectivity index is 2.56. The Hall–Kier alpha value is -1.94. The molecule has 0 saturated carbocycles. The van der Waals surface area contributed by atoms with Crippen molar-refractivity contribution in [2.75, 3.05) is 0 Å². The summed E-state index contributed by atoms with van der Waals surface area (Å²) in [6.07, 6.45) is 1.32. The SMILES string of the molecule is O=S(=O)(F)C(=Cc1ccccc1)c1ccccc1. The Morgan fingerprint density at radius 3 is 1.89 bits per heavy atom. The average Bonchev–Trinajstić information content (AvgIpc) is 2.37. The highest BCUT2D eigenvalue weighted by Crippen LogP contribution is 2.25. The Kier molecular flexibility index (Phi) is 3.58. The molecule has 0 spiro atoms. The first kappa shape index (κ1) is 12.5. The summed E-state index contributed by atoms with van der Waals surface area (Å²) >= 11 is 0. The van der Waals surface area contributed by atoms with Crippen LogP contribution < -0.4 is 0 Å². The van der Waals surface area contributed by atoms with E-state index < -0.39 is 10.2 Å². The van der Waals surface area contributed by atoms with Gasteiger partial charge in [-0.1, -0.05) is 60.7 Å². The molecule has 2 aromatic carbocycles. The summed E-state index contributed by atoms with van der Waals surface area (Å²) in [7, 11) is -4.76. The molecule has 0 radical (unpaired) electrons. The van der Waals surface area contributed by atoms with Gasteiger partial charge in [-0.3, -0.25) is 0 Å². The summed E-state index contributed by atoms with van der Waals surface area (Å²) in [6, 6.07) is 17.0. The predicted molar refractivity (Wildman–Crippen MR) is 70.8 cm³/mol. The second-order valence-electron chi connectivity index (χ2n) is 3.72. The number of hydrogen-bond acceptors (Lipinski definition) is 2. The maximum absolute atomic E-state index is 13.3. The molecule has 2 aromatic rings. The quantitative estimate of drug-likeness (QED) is 0.627. The van der Waals surface area contributed by atoms with Gasteiger partial charge in [-0.05, 0) is 17.2 Å². The number of rotatable bonds is 3. The van der Waals surface area contributed by atoms with Crippen LogP contribution in [-0.4, -0.2) is 8.42 Å². The molecule has 0 saturated heterocycles. The highest BCUT2D eigenvalue weighted by molar-refractivity contribution is 7.96. The van der Waals surface area contributed by atoms with Crippen LogP contribution in [0.3, 0.4) is 0 Å². The molecule has 92 valence electrons. The van der Waals surface area contributed by atoms with Gasteiger partial charge in [0, 0.05) is 0 Å². The van der Waals surface area contributed by atoms with Crippen molar-refractivity contribution in [3.63, 3.8) is 0 Å². The molecule has 4 heteroatoms. The summed E-state index contributed by atoms with van der Waals surface area (Å²) in [5.74, 6) is 0. The summed E-state index contributed by atoms with van der Waals surface area (Å²) in [5, 5.41) is 0. The first-order valence-corrected chi connectivity index (χ1v) is 6.72. The third-order valence-corrected chi connectivity index (χ3v) is 3.30. The highest BCUT2D eigenvalue weighted by atomic mass is 32.3. The van der Waals surface area contributed by atoms with Gasteiger partial charge in [0.25, 0.3) is 0 Å². The molecule has 0 N–H and O–H groups in total. The Morgan fingerprint density at radius 1 is 0.889 bits per heavy atom. The van der Waals surface area contributed by atoms with E-state index in [0.717, 1.165) is 0 Å². The molecule has 0 heterocycles. The van der Waals surface area contributed by atoms with Gasteiger partial charge in [0.05, 0.1) is 0 Å². The highest BCUT2D eigenvalue weighted by Gasteiger charge is 2.17. The molecule has 2 nitrogen and oxygen atoms in total. The van der Waals surface area contributed by atoms with Gasteiger partial charge >= 0.3 is 10.2 Å². The number of hydrogen-bond donors (Lipinski definition) is 0. The molecule has 0 bridgehead atoms. The third-order valence-electron chi connectivity index (χ3n) is 2.42. The molecule has 0 aromatic heterocycles. The van der Waals surface area contributed by atoms with Crippen molar-refractivity contribution in [3.05, 3.63) is 71.8 Å². The monoisotopic (exact) mass is 262 g/mol. The third kappa shape index (κ3) is 3.05. The maximum atomic E-state index is 13.3. The summed E-state index contributed by atoms with van der Waals surface area (Å²) in [4.78, 5) is -0.325. The molecule has 0 atom stereocenters. The number of benzene rings is 2. The molecule has 2 rings (SSSR count). The van der Waals surface area contributed by atoms with Crippen LogP contribution in [0.15, 0.2) is 60.7 Å². The van der Waals surface area contributed by atoms with Crippen LogP contribution >= 0.6 is 0 Å². The molecule has 0 aliphatic rings. The summed E-state index contributed by atoms with van der Waals surface area (Å²) in [6.45, 7) is 0. The molecule has 0 aliphatic carbocycles. The van der Waals surface area contributed by atoms with E-state index in [1.807, 2.05) is 6.07 Å². The van der Waals surface area contributed by atoms with Crippen molar-refractivity contribution < 1.29 is 12.3 Å². The van der Waals surface area contributed by atoms with Crippen LogP contribution in [0.1, 0.15) is 11.1 Å². The van der Waals surface area contributed by atoms with Crippen molar-refractivity contribution in [1.29, 1.82) is 0 Å². The van der Waals surface area contributed by atoms with Crippen LogP contribution in [0.2, 0.25) is 0 Å². The van der Waals surface area contributed by atoms with E-state index in [1.165, 1.54) is 6.08 Å². The van der Waals surface area contributed by atoms with Gasteiger partial charge in [0.15, 0.2) is 0 Å². The standard InChI is InChI=1S/C14H11FO2S/c15-18(16,17)14(13-9-5-2-6-10-13)11-12-7-3-1-4-8-12/h1-11H. The maximum Gasteiger partial charge on any atom is 0.332 e. The van der Waals surface area contributed by atoms with E-state index >= 15 is 0 Å². The van der Waals surface area contributed by atoms with E-state index in [1.54, 1.807) is 54.6 Å². The fourth-order valence-corrected chi connectivity index (χ4v) is 2.29. The minimum Gasteiger partial charge on any atom is -0.189 e. The lowest BCUT2D eigenvalue weighted by molar-refractivity contribution is 0.564. The minimum absolute atomic E-state index is 0.325. The Bertz CT molecular complexity index is 647. The lowest BCUT2D eigenvalue weighted by Gasteiger charge is -2.03. The Labute approximate surface area is 106 Å². The van der Waals surface area contributed by atoms with Crippen molar-refractivity contribution >= 4 is 21.2 Å². The normalized spacial score (nSPS) is 12.4. The fraction of sp³-hybridized carbons (Fsp3) is 0. The molecule has 0 unspecified atom stereocenters. The second kappa shape index (κ2) is 5.14. The smallest absolute Gasteiger partial charge is 0.189 e. The van der Waals surface area contributed by atoms with Gasteiger partial charge in [-0.2, -0.15) is 8.42 Å². The minimum atomic E-state index is -4.76. The van der Waals surface area contributed by atoms with Crippen molar-refractivity contribution in [1.82, 2.24) is 0 Å². The molecular weight excluding hydrogens is 251 g/mol. The van der Waals surface area contributed by atoms with Crippen LogP contribution in [0, 0.1) is 0 Å². The predicted octanol–water partition coefficient (Wildman–Crippen LogP) is 3.48. The second-order valence-corrected chi connectivity index (χ2v) is 5.04. The largest absolute Gasteiger partial charge is 0.332 e. The lowest BCUT2D eigenvalue weighted by atomic mass is 10.1. The molecule has 0 amide bonds. The number of halogens is 1. The van der Waals surface area contributed by atoms with Gasteiger partial charge in [0.2, 0.25) is 0 Å². The first-order chi connectivity index (χ1) is 8.57. The summed E-state index contributed by atoms with van der Waals surface area (Å²) < 4.78 is 35.7. The van der Waals surface area contributed by atoms with Crippen LogP contribution in [0.4, 0.5) is 3.89 Å². The zero-order valence-corrected chi connectivity index (χ0v) is 10.3. The zero-order chi connectivity index (χ0) is 13.0. The van der Waals surface area contributed by atoms with E-state index in [2.05, 4.69) is 0 Å². The molecule has 0 fully saturated rings. The summed E-state index contributed by atoms with van der Waals surface area (Å²) in [5.41, 5.74) is 0.974. The molecular formula is C14H11FO2S. The van der Waals surface area contributed by atoms with Crippen LogP contribution in [0.5, 0.6) is 0 Å². The van der Waals surface area contributed by atoms with Gasteiger partial charge < -0.3 is 0 Å². The van der Waals surface area contributed by atoms with E-state index in [4.69, 9.17) is 0 Å².